The molecule has 1 aliphatic rings. The zero-order valence-corrected chi connectivity index (χ0v) is 19.6. The summed E-state index contributed by atoms with van der Waals surface area (Å²) in [6.45, 7) is 11.0. The summed E-state index contributed by atoms with van der Waals surface area (Å²) in [5.74, 6) is 1.36. The van der Waals surface area contributed by atoms with Gasteiger partial charge in [-0.25, -0.2) is 0 Å². The molecule has 3 nitrogen and oxygen atoms in total. The fourth-order valence-electron chi connectivity index (χ4n) is 3.65. The minimum atomic E-state index is -0.347. The largest absolute Gasteiger partial charge is 0.490 e. The SMILES string of the molecule is CC(C)c1sccc1/C=C/COc1ccc2c(c1)/C(=N\OC(C)(C)C)c1ccccc1-2. The molecule has 0 fully saturated rings. The molecule has 4 heteroatoms. The zero-order chi connectivity index (χ0) is 22.0. The molecule has 31 heavy (non-hydrogen) atoms. The van der Waals surface area contributed by atoms with Crippen molar-refractivity contribution in [3.8, 4) is 16.9 Å². The average molecular weight is 432 g/mol. The van der Waals surface area contributed by atoms with Crippen LogP contribution < -0.4 is 4.74 Å². The molecule has 3 aromatic rings. The Kier molecular flexibility index (Phi) is 6.01. The number of benzene rings is 2. The molecule has 0 saturated heterocycles. The number of rotatable bonds is 6. The summed E-state index contributed by atoms with van der Waals surface area (Å²) < 4.78 is 6.04. The van der Waals surface area contributed by atoms with Crippen LogP contribution in [0.4, 0.5) is 0 Å². The van der Waals surface area contributed by atoms with E-state index in [-0.39, 0.29) is 5.60 Å². The Hall–Kier alpha value is -2.85. The Morgan fingerprint density at radius 1 is 0.968 bits per heavy atom. The van der Waals surface area contributed by atoms with Crippen LogP contribution in [0.3, 0.4) is 0 Å². The van der Waals surface area contributed by atoms with Crippen molar-refractivity contribution in [1.29, 1.82) is 0 Å². The maximum Gasteiger partial charge on any atom is 0.129 e. The van der Waals surface area contributed by atoms with Crippen molar-refractivity contribution in [1.82, 2.24) is 0 Å². The molecule has 1 heterocycles. The smallest absolute Gasteiger partial charge is 0.129 e. The van der Waals surface area contributed by atoms with Gasteiger partial charge in [0.2, 0.25) is 0 Å². The fourth-order valence-corrected chi connectivity index (χ4v) is 4.56. The summed E-state index contributed by atoms with van der Waals surface area (Å²) in [6, 6.07) is 16.7. The molecule has 2 aromatic carbocycles. The van der Waals surface area contributed by atoms with Crippen LogP contribution in [0, 0.1) is 0 Å². The first-order chi connectivity index (χ1) is 14.8. The number of hydrogen-bond acceptors (Lipinski definition) is 4. The van der Waals surface area contributed by atoms with E-state index in [2.05, 4.69) is 72.9 Å². The first-order valence-electron chi connectivity index (χ1n) is 10.7. The molecule has 0 aliphatic heterocycles. The first-order valence-corrected chi connectivity index (χ1v) is 11.6. The van der Waals surface area contributed by atoms with Gasteiger partial charge in [-0.2, -0.15) is 0 Å². The van der Waals surface area contributed by atoms with E-state index in [1.807, 2.05) is 44.2 Å². The second-order valence-electron chi connectivity index (χ2n) is 9.00. The van der Waals surface area contributed by atoms with Gasteiger partial charge in [-0.05, 0) is 79.1 Å². The van der Waals surface area contributed by atoms with Gasteiger partial charge in [0.05, 0.1) is 0 Å². The van der Waals surface area contributed by atoms with Gasteiger partial charge in [0.25, 0.3) is 0 Å². The molecule has 0 amide bonds. The van der Waals surface area contributed by atoms with Crippen LogP contribution in [0.2, 0.25) is 0 Å². The van der Waals surface area contributed by atoms with Crippen molar-refractivity contribution >= 4 is 23.1 Å². The van der Waals surface area contributed by atoms with Gasteiger partial charge >= 0.3 is 0 Å². The van der Waals surface area contributed by atoms with Gasteiger partial charge in [0.15, 0.2) is 0 Å². The molecule has 4 rings (SSSR count). The maximum absolute atomic E-state index is 6.04. The lowest BCUT2D eigenvalue weighted by molar-refractivity contribution is 0.00121. The summed E-state index contributed by atoms with van der Waals surface area (Å²) in [5, 5.41) is 6.67. The summed E-state index contributed by atoms with van der Waals surface area (Å²) in [6.07, 6.45) is 4.23. The molecule has 0 N–H and O–H groups in total. The highest BCUT2D eigenvalue weighted by Gasteiger charge is 2.26. The summed E-state index contributed by atoms with van der Waals surface area (Å²) >= 11 is 1.81. The Morgan fingerprint density at radius 3 is 2.45 bits per heavy atom. The normalized spacial score (nSPS) is 14.3. The summed E-state index contributed by atoms with van der Waals surface area (Å²) in [4.78, 5) is 7.18. The molecule has 0 unspecified atom stereocenters. The van der Waals surface area contributed by atoms with Crippen LogP contribution in [-0.2, 0) is 4.84 Å². The van der Waals surface area contributed by atoms with Crippen molar-refractivity contribution in [3.05, 3.63) is 81.6 Å². The van der Waals surface area contributed by atoms with E-state index in [0.717, 1.165) is 28.2 Å². The molecule has 1 aromatic heterocycles. The van der Waals surface area contributed by atoms with E-state index in [1.54, 1.807) is 0 Å². The monoisotopic (exact) mass is 431 g/mol. The van der Waals surface area contributed by atoms with Gasteiger partial charge in [-0.1, -0.05) is 49.3 Å². The van der Waals surface area contributed by atoms with Crippen molar-refractivity contribution < 1.29 is 9.57 Å². The van der Waals surface area contributed by atoms with E-state index in [4.69, 9.17) is 9.57 Å². The lowest BCUT2D eigenvalue weighted by Crippen LogP contribution is -2.17. The highest BCUT2D eigenvalue weighted by Crippen LogP contribution is 2.39. The van der Waals surface area contributed by atoms with Crippen LogP contribution in [0.15, 0.2) is 65.1 Å². The Morgan fingerprint density at radius 2 is 1.71 bits per heavy atom. The molecule has 0 saturated carbocycles. The standard InChI is InChI=1S/C27H29NO2S/c1-18(2)26-19(14-16-31-26)9-8-15-29-20-12-13-22-21-10-6-7-11-23(21)25(24(22)17-20)28-30-27(3,4)5/h6-14,16-18H,15H2,1-5H3/b9-8+,28-25-. The van der Waals surface area contributed by atoms with Crippen molar-refractivity contribution in [3.63, 3.8) is 0 Å². The molecule has 0 atom stereocenters. The second-order valence-corrected chi connectivity index (χ2v) is 9.95. The Balaban J connectivity index is 1.54. The van der Waals surface area contributed by atoms with E-state index < -0.39 is 0 Å². The Bertz CT molecular complexity index is 1130. The molecule has 0 radical (unpaired) electrons. The quantitative estimate of drug-likeness (QED) is 0.296. The predicted molar refractivity (Wildman–Crippen MR) is 131 cm³/mol. The molecule has 0 bridgehead atoms. The Labute approximate surface area is 189 Å². The van der Waals surface area contributed by atoms with E-state index in [0.29, 0.717) is 12.5 Å². The minimum absolute atomic E-state index is 0.347. The van der Waals surface area contributed by atoms with Crippen LogP contribution in [0.25, 0.3) is 17.2 Å². The highest BCUT2D eigenvalue weighted by molar-refractivity contribution is 7.10. The van der Waals surface area contributed by atoms with Crippen molar-refractivity contribution in [2.45, 2.75) is 46.1 Å². The van der Waals surface area contributed by atoms with E-state index in [1.165, 1.54) is 16.0 Å². The van der Waals surface area contributed by atoms with Crippen molar-refractivity contribution in [2.24, 2.45) is 5.16 Å². The number of nitrogens with zero attached hydrogens (tertiary/aromatic N) is 1. The third kappa shape index (κ3) is 4.75. The maximum atomic E-state index is 6.04. The van der Waals surface area contributed by atoms with Crippen LogP contribution in [-0.4, -0.2) is 17.9 Å². The predicted octanol–water partition coefficient (Wildman–Crippen LogP) is 7.51. The summed E-state index contributed by atoms with van der Waals surface area (Å²) in [7, 11) is 0. The van der Waals surface area contributed by atoms with Gasteiger partial charge in [0, 0.05) is 16.0 Å². The fraction of sp³-hybridized carbons (Fsp3) is 0.296. The third-order valence-corrected chi connectivity index (χ3v) is 6.26. The topological polar surface area (TPSA) is 30.8 Å². The molecular formula is C27H29NO2S. The van der Waals surface area contributed by atoms with Gasteiger partial charge in [-0.3, -0.25) is 0 Å². The second kappa shape index (κ2) is 8.72. The number of thiophene rings is 1. The molecular weight excluding hydrogens is 402 g/mol. The number of hydrogen-bond donors (Lipinski definition) is 0. The van der Waals surface area contributed by atoms with Gasteiger partial charge < -0.3 is 9.57 Å². The minimum Gasteiger partial charge on any atom is -0.490 e. The third-order valence-electron chi connectivity index (χ3n) is 5.02. The van der Waals surface area contributed by atoms with Gasteiger partial charge in [0.1, 0.15) is 23.7 Å². The highest BCUT2D eigenvalue weighted by atomic mass is 32.1. The number of fused-ring (bicyclic) bond motifs is 3. The van der Waals surface area contributed by atoms with Crippen LogP contribution in [0.5, 0.6) is 5.75 Å². The van der Waals surface area contributed by atoms with E-state index in [9.17, 15) is 0 Å². The average Bonchev–Trinajstić information content (AvgIpc) is 3.31. The number of ether oxygens (including phenoxy) is 1. The lowest BCUT2D eigenvalue weighted by Gasteiger charge is -2.16. The van der Waals surface area contributed by atoms with E-state index >= 15 is 0 Å². The molecule has 1 aliphatic carbocycles. The molecule has 0 spiro atoms. The van der Waals surface area contributed by atoms with Crippen LogP contribution in [0.1, 0.15) is 62.1 Å². The lowest BCUT2D eigenvalue weighted by atomic mass is 10.1. The zero-order valence-electron chi connectivity index (χ0n) is 18.8. The summed E-state index contributed by atoms with van der Waals surface area (Å²) in [5.41, 5.74) is 6.28. The van der Waals surface area contributed by atoms with Crippen LogP contribution >= 0.6 is 11.3 Å². The van der Waals surface area contributed by atoms with Gasteiger partial charge in [-0.15, -0.1) is 11.3 Å². The van der Waals surface area contributed by atoms with Crippen molar-refractivity contribution in [2.75, 3.05) is 6.61 Å². The molecule has 160 valence electrons. The number of oxime groups is 1. The first kappa shape index (κ1) is 21.4.